The van der Waals surface area contributed by atoms with Gasteiger partial charge in [0.15, 0.2) is 5.11 Å². The number of nitrogens with one attached hydrogen (secondary N) is 2. The number of anilines is 1. The van der Waals surface area contributed by atoms with E-state index < -0.39 is 0 Å². The molecule has 0 aliphatic carbocycles. The molecule has 2 aromatic heterocycles. The molecule has 0 saturated carbocycles. The Hall–Kier alpha value is -3.68. The van der Waals surface area contributed by atoms with Gasteiger partial charge in [-0.1, -0.05) is 35.9 Å². The third-order valence-electron chi connectivity index (χ3n) is 7.81. The summed E-state index contributed by atoms with van der Waals surface area (Å²) >= 11 is 12.3. The topological polar surface area (TPSA) is 62.2 Å². The second-order valence-electron chi connectivity index (χ2n) is 10.5. The molecule has 0 unspecified atom stereocenters. The second-order valence-corrected chi connectivity index (χ2v) is 11.3. The predicted molar refractivity (Wildman–Crippen MR) is 166 cm³/mol. The number of carbonyl (C=O) groups excluding carboxylic acids is 1. The van der Waals surface area contributed by atoms with Crippen LogP contribution in [0.2, 0.25) is 5.02 Å². The van der Waals surface area contributed by atoms with Crippen LogP contribution in [-0.4, -0.2) is 32.0 Å². The summed E-state index contributed by atoms with van der Waals surface area (Å²) in [5.74, 6) is -0.0438. The van der Waals surface area contributed by atoms with Gasteiger partial charge in [-0.2, -0.15) is 0 Å². The largest absolute Gasteiger partial charge is 0.352 e. The second kappa shape index (κ2) is 11.4. The van der Waals surface area contributed by atoms with Crippen LogP contribution in [0.15, 0.2) is 66.9 Å². The molecule has 0 spiro atoms. The predicted octanol–water partition coefficient (Wildman–Crippen LogP) is 7.07. The van der Waals surface area contributed by atoms with Crippen molar-refractivity contribution in [1.82, 2.24) is 19.8 Å². The summed E-state index contributed by atoms with van der Waals surface area (Å²) in [6.45, 7) is 10.9. The average molecular weight is 572 g/mol. The number of hydrogen-bond donors (Lipinski definition) is 2. The van der Waals surface area contributed by atoms with Crippen molar-refractivity contribution in [2.75, 3.05) is 11.9 Å². The van der Waals surface area contributed by atoms with E-state index >= 15 is 0 Å². The highest BCUT2D eigenvalue weighted by molar-refractivity contribution is 7.80. The van der Waals surface area contributed by atoms with E-state index in [4.69, 9.17) is 23.8 Å². The highest BCUT2D eigenvalue weighted by Crippen LogP contribution is 2.43. The minimum Gasteiger partial charge on any atom is -0.352 e. The van der Waals surface area contributed by atoms with Gasteiger partial charge in [0.1, 0.15) is 0 Å². The molecule has 206 valence electrons. The van der Waals surface area contributed by atoms with E-state index in [0.717, 1.165) is 39.6 Å². The summed E-state index contributed by atoms with van der Waals surface area (Å²) in [6.07, 6.45) is 2.10. The third kappa shape index (κ3) is 5.36. The third-order valence-corrected chi connectivity index (χ3v) is 8.40. The van der Waals surface area contributed by atoms with Crippen molar-refractivity contribution in [3.63, 3.8) is 0 Å². The van der Waals surface area contributed by atoms with Crippen LogP contribution in [-0.2, 0) is 4.79 Å². The van der Waals surface area contributed by atoms with Crippen LogP contribution in [0.25, 0.3) is 5.69 Å². The Kier molecular flexibility index (Phi) is 7.97. The van der Waals surface area contributed by atoms with Gasteiger partial charge >= 0.3 is 0 Å². The van der Waals surface area contributed by atoms with Gasteiger partial charge in [0.05, 0.1) is 17.8 Å². The van der Waals surface area contributed by atoms with Gasteiger partial charge < -0.3 is 20.1 Å². The molecule has 8 heteroatoms. The molecule has 40 heavy (non-hydrogen) atoms. The molecular formula is C32H34ClN5OS. The zero-order valence-corrected chi connectivity index (χ0v) is 25.0. The minimum absolute atomic E-state index is 0.0438. The first-order valence-electron chi connectivity index (χ1n) is 13.4. The Morgan fingerprint density at radius 2 is 1.82 bits per heavy atom. The zero-order chi connectivity index (χ0) is 28.6. The van der Waals surface area contributed by atoms with Crippen molar-refractivity contribution in [3.05, 3.63) is 111 Å². The van der Waals surface area contributed by atoms with Crippen molar-refractivity contribution < 1.29 is 4.79 Å². The van der Waals surface area contributed by atoms with Gasteiger partial charge in [0, 0.05) is 52.5 Å². The molecule has 2 aromatic carbocycles. The normalized spacial score (nSPS) is 16.8. The minimum atomic E-state index is -0.164. The van der Waals surface area contributed by atoms with E-state index in [1.807, 2.05) is 68.4 Å². The van der Waals surface area contributed by atoms with E-state index in [1.165, 1.54) is 11.1 Å². The molecule has 4 aromatic rings. The van der Waals surface area contributed by atoms with Crippen LogP contribution in [0.3, 0.4) is 0 Å². The maximum absolute atomic E-state index is 13.1. The maximum atomic E-state index is 13.1. The molecule has 1 aliphatic heterocycles. The van der Waals surface area contributed by atoms with Crippen LogP contribution < -0.4 is 10.6 Å². The van der Waals surface area contributed by atoms with Crippen LogP contribution in [0.4, 0.5) is 5.69 Å². The number of thiocarbonyl (C=S) groups is 1. The number of pyridine rings is 1. The first-order valence-corrected chi connectivity index (χ1v) is 14.2. The van der Waals surface area contributed by atoms with Crippen LogP contribution >= 0.6 is 23.8 Å². The molecule has 3 heterocycles. The summed E-state index contributed by atoms with van der Waals surface area (Å²) in [6, 6.07) is 19.6. The molecule has 1 saturated heterocycles. The van der Waals surface area contributed by atoms with Crippen molar-refractivity contribution in [3.8, 4) is 5.69 Å². The SMILES string of the molecule is Cc1ccc(C)c(NC(=O)CCN2C(=S)N[C@H](c3ccccn3)[C@H]2c2c(C)c(C)n(-c3cccc(Cl)c3)c2C)c1. The summed E-state index contributed by atoms with van der Waals surface area (Å²) in [7, 11) is 0. The Morgan fingerprint density at radius 1 is 1.02 bits per heavy atom. The molecule has 0 bridgehead atoms. The summed E-state index contributed by atoms with van der Waals surface area (Å²) in [4.78, 5) is 19.9. The zero-order valence-electron chi connectivity index (χ0n) is 23.5. The fourth-order valence-corrected chi connectivity index (χ4v) is 6.23. The average Bonchev–Trinajstić information content (AvgIpc) is 3.36. The van der Waals surface area contributed by atoms with Crippen molar-refractivity contribution in [1.29, 1.82) is 0 Å². The first-order chi connectivity index (χ1) is 19.2. The molecule has 0 radical (unpaired) electrons. The maximum Gasteiger partial charge on any atom is 0.226 e. The molecule has 1 fully saturated rings. The summed E-state index contributed by atoms with van der Waals surface area (Å²) < 4.78 is 2.25. The summed E-state index contributed by atoms with van der Waals surface area (Å²) in [5, 5.41) is 7.92. The van der Waals surface area contributed by atoms with Crippen LogP contribution in [0, 0.1) is 34.6 Å². The molecule has 2 N–H and O–H groups in total. The Bertz CT molecular complexity index is 1580. The number of hydrogen-bond acceptors (Lipinski definition) is 3. The monoisotopic (exact) mass is 571 g/mol. The van der Waals surface area contributed by atoms with Gasteiger partial charge in [-0.05, 0) is 99.9 Å². The molecule has 6 nitrogen and oxygen atoms in total. The quantitative estimate of drug-likeness (QED) is 0.232. The number of halogens is 1. The molecule has 5 rings (SSSR count). The van der Waals surface area contributed by atoms with Gasteiger partial charge in [0.25, 0.3) is 0 Å². The number of carbonyl (C=O) groups is 1. The highest BCUT2D eigenvalue weighted by atomic mass is 35.5. The highest BCUT2D eigenvalue weighted by Gasteiger charge is 2.42. The van der Waals surface area contributed by atoms with Gasteiger partial charge in [-0.15, -0.1) is 0 Å². The lowest BCUT2D eigenvalue weighted by Crippen LogP contribution is -2.33. The van der Waals surface area contributed by atoms with Crippen molar-refractivity contribution in [2.45, 2.75) is 53.1 Å². The fraction of sp³-hybridized carbons (Fsp3) is 0.281. The van der Waals surface area contributed by atoms with Gasteiger partial charge in [-0.3, -0.25) is 9.78 Å². The van der Waals surface area contributed by atoms with Crippen molar-refractivity contribution >= 4 is 40.5 Å². The first kappa shape index (κ1) is 27.9. The number of aromatic nitrogens is 2. The van der Waals surface area contributed by atoms with Crippen LogP contribution in [0.1, 0.15) is 57.8 Å². The number of aryl methyl sites for hydroxylation is 2. The van der Waals surface area contributed by atoms with E-state index in [2.05, 4.69) is 51.9 Å². The Balaban J connectivity index is 1.51. The van der Waals surface area contributed by atoms with Gasteiger partial charge in [-0.25, -0.2) is 0 Å². The van der Waals surface area contributed by atoms with Crippen LogP contribution in [0.5, 0.6) is 0 Å². The summed E-state index contributed by atoms with van der Waals surface area (Å²) in [5.41, 5.74) is 9.51. The van der Waals surface area contributed by atoms with E-state index in [0.29, 0.717) is 23.1 Å². The van der Waals surface area contributed by atoms with Crippen molar-refractivity contribution in [2.24, 2.45) is 0 Å². The Morgan fingerprint density at radius 3 is 2.55 bits per heavy atom. The Labute approximate surface area is 246 Å². The molecule has 1 aliphatic rings. The molecular weight excluding hydrogens is 538 g/mol. The smallest absolute Gasteiger partial charge is 0.226 e. The lowest BCUT2D eigenvalue weighted by Gasteiger charge is -2.29. The van der Waals surface area contributed by atoms with E-state index in [9.17, 15) is 4.79 Å². The molecule has 2 atom stereocenters. The molecule has 1 amide bonds. The lowest BCUT2D eigenvalue weighted by atomic mass is 9.93. The number of rotatable bonds is 7. The van der Waals surface area contributed by atoms with Gasteiger partial charge in [0.2, 0.25) is 5.91 Å². The standard InChI is InChI=1S/C32H34ClN5OS/c1-19-12-13-20(2)27(17-19)35-28(39)14-16-37-31(30(36-32(37)40)26-11-6-7-15-34-26)29-21(3)22(4)38(23(29)5)25-10-8-9-24(33)18-25/h6-13,15,17-18,30-31H,14,16H2,1-5H3,(H,35,39)(H,36,40)/t30-,31-/m1/s1. The number of amides is 1. The van der Waals surface area contributed by atoms with E-state index in [1.54, 1.807) is 6.20 Å². The fourth-order valence-electron chi connectivity index (χ4n) is 5.71. The van der Waals surface area contributed by atoms with E-state index in [-0.39, 0.29) is 18.0 Å². The lowest BCUT2D eigenvalue weighted by molar-refractivity contribution is -0.116. The number of benzene rings is 2. The number of nitrogens with zero attached hydrogens (tertiary/aromatic N) is 3.